The summed E-state index contributed by atoms with van der Waals surface area (Å²) in [6.45, 7) is 3.06. The Hall–Kier alpha value is -0.150. The molecule has 1 N–H and O–H groups in total. The van der Waals surface area contributed by atoms with E-state index < -0.39 is 0 Å². The van der Waals surface area contributed by atoms with Crippen LogP contribution in [0.5, 0.6) is 0 Å². The summed E-state index contributed by atoms with van der Waals surface area (Å²) in [6, 6.07) is 2.12. The number of rotatable bonds is 3. The van der Waals surface area contributed by atoms with Crippen molar-refractivity contribution >= 4 is 29.0 Å². The second kappa shape index (κ2) is 3.88. The maximum atomic E-state index is 4.11. The lowest BCUT2D eigenvalue weighted by Crippen LogP contribution is -2.01. The van der Waals surface area contributed by atoms with Crippen molar-refractivity contribution in [1.29, 1.82) is 0 Å². The third-order valence-corrected chi connectivity index (χ3v) is 2.46. The summed E-state index contributed by atoms with van der Waals surface area (Å²) >= 11 is 5.85. The average Bonchev–Trinajstić information content (AvgIpc) is 2.31. The third kappa shape index (κ3) is 1.92. The van der Waals surface area contributed by atoms with Crippen LogP contribution in [0, 0.1) is 6.92 Å². The molecule has 0 saturated heterocycles. The van der Waals surface area contributed by atoms with Crippen molar-refractivity contribution in [2.45, 2.75) is 6.92 Å². The molecular formula is C7H11NS2. The Balaban J connectivity index is 2.49. The van der Waals surface area contributed by atoms with Crippen molar-refractivity contribution in [3.05, 3.63) is 17.0 Å². The van der Waals surface area contributed by atoms with E-state index in [-0.39, 0.29) is 0 Å². The van der Waals surface area contributed by atoms with Gasteiger partial charge in [0.05, 0.1) is 5.00 Å². The van der Waals surface area contributed by atoms with Crippen LogP contribution in [0.15, 0.2) is 11.4 Å². The van der Waals surface area contributed by atoms with Crippen molar-refractivity contribution < 1.29 is 0 Å². The SMILES string of the molecule is Cc1ccsc1NCCS. The predicted octanol–water partition coefficient (Wildman–Crippen LogP) is 2.40. The van der Waals surface area contributed by atoms with Gasteiger partial charge in [-0.1, -0.05) is 0 Å². The van der Waals surface area contributed by atoms with Gasteiger partial charge in [0.2, 0.25) is 0 Å². The lowest BCUT2D eigenvalue weighted by molar-refractivity contribution is 1.24. The van der Waals surface area contributed by atoms with Crippen LogP contribution in [0.4, 0.5) is 5.00 Å². The van der Waals surface area contributed by atoms with Crippen LogP contribution < -0.4 is 5.32 Å². The van der Waals surface area contributed by atoms with E-state index in [1.54, 1.807) is 11.3 Å². The van der Waals surface area contributed by atoms with Crippen molar-refractivity contribution in [3.8, 4) is 0 Å². The molecule has 56 valence electrons. The highest BCUT2D eigenvalue weighted by Gasteiger charge is 1.95. The van der Waals surface area contributed by atoms with Crippen molar-refractivity contribution in [3.63, 3.8) is 0 Å². The van der Waals surface area contributed by atoms with E-state index in [4.69, 9.17) is 0 Å². The molecule has 0 saturated carbocycles. The first-order valence-corrected chi connectivity index (χ1v) is 4.74. The molecule has 0 aliphatic heterocycles. The Kier molecular flexibility index (Phi) is 3.09. The van der Waals surface area contributed by atoms with Gasteiger partial charge in [-0.3, -0.25) is 0 Å². The maximum absolute atomic E-state index is 4.11. The highest BCUT2D eigenvalue weighted by atomic mass is 32.1. The van der Waals surface area contributed by atoms with Crippen molar-refractivity contribution in [2.75, 3.05) is 17.6 Å². The van der Waals surface area contributed by atoms with Gasteiger partial charge in [-0.25, -0.2) is 0 Å². The lowest BCUT2D eigenvalue weighted by Gasteiger charge is -2.00. The zero-order chi connectivity index (χ0) is 7.40. The molecule has 1 heterocycles. The van der Waals surface area contributed by atoms with Gasteiger partial charge in [0, 0.05) is 12.3 Å². The molecule has 0 atom stereocenters. The minimum atomic E-state index is 0.886. The molecule has 0 amide bonds. The molecule has 0 aromatic carbocycles. The summed E-state index contributed by atoms with van der Waals surface area (Å²) in [5, 5.41) is 6.65. The molecule has 0 fully saturated rings. The molecule has 0 spiro atoms. The second-order valence-electron chi connectivity index (χ2n) is 2.08. The van der Waals surface area contributed by atoms with Gasteiger partial charge in [-0.05, 0) is 23.9 Å². The van der Waals surface area contributed by atoms with Gasteiger partial charge in [-0.15, -0.1) is 11.3 Å². The fourth-order valence-electron chi connectivity index (χ4n) is 0.723. The topological polar surface area (TPSA) is 12.0 Å². The summed E-state index contributed by atoms with van der Waals surface area (Å²) in [7, 11) is 0. The fourth-order valence-corrected chi connectivity index (χ4v) is 1.68. The number of nitrogens with one attached hydrogen (secondary N) is 1. The summed E-state index contributed by atoms with van der Waals surface area (Å²) < 4.78 is 0. The molecule has 0 aliphatic carbocycles. The van der Waals surface area contributed by atoms with Gasteiger partial charge < -0.3 is 5.32 Å². The first-order valence-electron chi connectivity index (χ1n) is 3.23. The zero-order valence-corrected chi connectivity index (χ0v) is 7.64. The Labute approximate surface area is 70.9 Å². The number of hydrogen-bond donors (Lipinski definition) is 2. The van der Waals surface area contributed by atoms with Gasteiger partial charge in [-0.2, -0.15) is 12.6 Å². The molecule has 1 aromatic rings. The number of thiophene rings is 1. The number of thiol groups is 1. The molecule has 1 nitrogen and oxygen atoms in total. The predicted molar refractivity (Wildman–Crippen MR) is 51.4 cm³/mol. The maximum Gasteiger partial charge on any atom is 0.0912 e. The number of anilines is 1. The van der Waals surface area contributed by atoms with E-state index in [1.807, 2.05) is 0 Å². The van der Waals surface area contributed by atoms with Crippen LogP contribution in [0.3, 0.4) is 0 Å². The summed E-state index contributed by atoms with van der Waals surface area (Å²) in [4.78, 5) is 0. The van der Waals surface area contributed by atoms with Gasteiger partial charge >= 0.3 is 0 Å². The Morgan fingerprint density at radius 3 is 3.00 bits per heavy atom. The molecule has 0 aliphatic rings. The standard InChI is InChI=1S/C7H11NS2/c1-6-2-5-10-7(6)8-3-4-9/h2,5,8-9H,3-4H2,1H3. The summed E-state index contributed by atoms with van der Waals surface area (Å²) in [6.07, 6.45) is 0. The molecule has 0 bridgehead atoms. The summed E-state index contributed by atoms with van der Waals surface area (Å²) in [5.74, 6) is 0.886. The zero-order valence-electron chi connectivity index (χ0n) is 5.92. The first-order chi connectivity index (χ1) is 4.84. The van der Waals surface area contributed by atoms with Crippen molar-refractivity contribution in [2.24, 2.45) is 0 Å². The fraction of sp³-hybridized carbons (Fsp3) is 0.429. The van der Waals surface area contributed by atoms with E-state index in [9.17, 15) is 0 Å². The minimum Gasteiger partial charge on any atom is -0.376 e. The van der Waals surface area contributed by atoms with Gasteiger partial charge in [0.25, 0.3) is 0 Å². The smallest absolute Gasteiger partial charge is 0.0912 e. The molecule has 0 radical (unpaired) electrons. The molecule has 10 heavy (non-hydrogen) atoms. The average molecular weight is 173 g/mol. The molecule has 1 aromatic heterocycles. The normalized spacial score (nSPS) is 9.80. The highest BCUT2D eigenvalue weighted by Crippen LogP contribution is 2.21. The second-order valence-corrected chi connectivity index (χ2v) is 3.45. The minimum absolute atomic E-state index is 0.886. The molecule has 0 unspecified atom stereocenters. The van der Waals surface area contributed by atoms with Gasteiger partial charge in [0.1, 0.15) is 0 Å². The van der Waals surface area contributed by atoms with Crippen molar-refractivity contribution in [1.82, 2.24) is 0 Å². The summed E-state index contributed by atoms with van der Waals surface area (Å²) in [5.41, 5.74) is 1.33. The first kappa shape index (κ1) is 7.95. The quantitative estimate of drug-likeness (QED) is 0.669. The van der Waals surface area contributed by atoms with Gasteiger partial charge in [0.15, 0.2) is 0 Å². The largest absolute Gasteiger partial charge is 0.376 e. The van der Waals surface area contributed by atoms with Crippen LogP contribution >= 0.6 is 24.0 Å². The van der Waals surface area contributed by atoms with Crippen LogP contribution in [0.2, 0.25) is 0 Å². The van der Waals surface area contributed by atoms with Crippen LogP contribution in [-0.2, 0) is 0 Å². The van der Waals surface area contributed by atoms with E-state index >= 15 is 0 Å². The number of hydrogen-bond acceptors (Lipinski definition) is 3. The Morgan fingerprint density at radius 1 is 1.70 bits per heavy atom. The van der Waals surface area contributed by atoms with E-state index in [2.05, 4.69) is 36.3 Å². The monoisotopic (exact) mass is 173 g/mol. The van der Waals surface area contributed by atoms with E-state index in [1.165, 1.54) is 10.6 Å². The van der Waals surface area contributed by atoms with E-state index in [0.717, 1.165) is 12.3 Å². The Morgan fingerprint density at radius 2 is 2.50 bits per heavy atom. The van der Waals surface area contributed by atoms with Crippen LogP contribution in [0.25, 0.3) is 0 Å². The van der Waals surface area contributed by atoms with E-state index in [0.29, 0.717) is 0 Å². The molecular weight excluding hydrogens is 162 g/mol. The van der Waals surface area contributed by atoms with Crippen LogP contribution in [0.1, 0.15) is 5.56 Å². The third-order valence-electron chi connectivity index (χ3n) is 1.26. The number of aryl methyl sites for hydroxylation is 1. The molecule has 3 heteroatoms. The highest BCUT2D eigenvalue weighted by molar-refractivity contribution is 7.80. The lowest BCUT2D eigenvalue weighted by atomic mass is 10.4. The molecule has 1 rings (SSSR count). The Bertz CT molecular complexity index is 195. The van der Waals surface area contributed by atoms with Crippen LogP contribution in [-0.4, -0.2) is 12.3 Å².